The lowest BCUT2D eigenvalue weighted by atomic mass is 9.97. The van der Waals surface area contributed by atoms with Gasteiger partial charge in [0.05, 0.1) is 18.8 Å². The summed E-state index contributed by atoms with van der Waals surface area (Å²) in [5.41, 5.74) is -1.12. The molecule has 0 saturated carbocycles. The van der Waals surface area contributed by atoms with Gasteiger partial charge < -0.3 is 19.5 Å². The summed E-state index contributed by atoms with van der Waals surface area (Å²) in [6, 6.07) is 2.51. The second kappa shape index (κ2) is 8.13. The van der Waals surface area contributed by atoms with E-state index in [2.05, 4.69) is 4.99 Å². The number of hydrogen-bond acceptors (Lipinski definition) is 6. The normalized spacial score (nSPS) is 28.6. The lowest BCUT2D eigenvalue weighted by Crippen LogP contribution is -2.53. The van der Waals surface area contributed by atoms with E-state index in [4.69, 9.17) is 9.47 Å². The van der Waals surface area contributed by atoms with E-state index in [9.17, 15) is 27.1 Å². The van der Waals surface area contributed by atoms with Crippen molar-refractivity contribution in [2.75, 3.05) is 14.1 Å². The van der Waals surface area contributed by atoms with Crippen molar-refractivity contribution in [1.82, 2.24) is 4.90 Å². The Labute approximate surface area is 162 Å². The summed E-state index contributed by atoms with van der Waals surface area (Å²) in [4.78, 5) is 5.96. The molecular weight excluding hydrogens is 407 g/mol. The van der Waals surface area contributed by atoms with Gasteiger partial charge >= 0.3 is 6.18 Å². The zero-order valence-electron chi connectivity index (χ0n) is 15.0. The van der Waals surface area contributed by atoms with Crippen molar-refractivity contribution < 1.29 is 36.5 Å². The standard InChI is InChI=1S/C17H19F5N2O3S/c1-24(2)16-23-13-10(25)6-11(27-15(13)28-16)14(17(20,21)22)26-7-8-4-3-5-9(18)12(8)19/h3-5,10-11,13-15,25H,6-7H2,1-2H3/t10-,11-,13+,14+,15+/m0/s1. The molecule has 1 saturated heterocycles. The van der Waals surface area contributed by atoms with Gasteiger partial charge in [-0.05, 0) is 6.07 Å². The van der Waals surface area contributed by atoms with Crippen LogP contribution in [0.15, 0.2) is 23.2 Å². The number of alkyl halides is 3. The highest BCUT2D eigenvalue weighted by Crippen LogP contribution is 2.40. The first-order valence-electron chi connectivity index (χ1n) is 8.44. The third kappa shape index (κ3) is 4.42. The number of aliphatic imine (C=N–C) groups is 1. The van der Waals surface area contributed by atoms with Crippen molar-refractivity contribution in [2.24, 2.45) is 4.99 Å². The maximum atomic E-state index is 13.7. The highest BCUT2D eigenvalue weighted by Gasteiger charge is 2.53. The number of fused-ring (bicyclic) bond motifs is 1. The Kier molecular flexibility index (Phi) is 6.18. The minimum Gasteiger partial charge on any atom is -0.391 e. The minimum atomic E-state index is -4.82. The molecule has 5 atom stereocenters. The zero-order valence-corrected chi connectivity index (χ0v) is 15.8. The quantitative estimate of drug-likeness (QED) is 0.751. The summed E-state index contributed by atoms with van der Waals surface area (Å²) in [5, 5.41) is 10.8. The molecule has 0 aliphatic carbocycles. The molecule has 0 unspecified atom stereocenters. The van der Waals surface area contributed by atoms with Gasteiger partial charge in [0.2, 0.25) is 0 Å². The van der Waals surface area contributed by atoms with Crippen molar-refractivity contribution in [3.63, 3.8) is 0 Å². The third-order valence-electron chi connectivity index (χ3n) is 4.43. The van der Waals surface area contributed by atoms with Crippen LogP contribution in [0.3, 0.4) is 0 Å². The predicted octanol–water partition coefficient (Wildman–Crippen LogP) is 2.92. The van der Waals surface area contributed by atoms with Crippen LogP contribution in [-0.4, -0.2) is 65.2 Å². The largest absolute Gasteiger partial charge is 0.417 e. The molecule has 1 fully saturated rings. The number of hydrogen-bond donors (Lipinski definition) is 1. The second-order valence-electron chi connectivity index (χ2n) is 6.75. The van der Waals surface area contributed by atoms with Gasteiger partial charge in [-0.3, -0.25) is 4.99 Å². The lowest BCUT2D eigenvalue weighted by Gasteiger charge is -2.38. The number of amidine groups is 1. The van der Waals surface area contributed by atoms with Crippen LogP contribution in [0.25, 0.3) is 0 Å². The average molecular weight is 426 g/mol. The first-order valence-corrected chi connectivity index (χ1v) is 9.32. The Morgan fingerprint density at radius 3 is 2.71 bits per heavy atom. The molecule has 3 rings (SSSR count). The van der Waals surface area contributed by atoms with Crippen LogP contribution < -0.4 is 0 Å². The van der Waals surface area contributed by atoms with Crippen molar-refractivity contribution in [3.05, 3.63) is 35.4 Å². The van der Waals surface area contributed by atoms with E-state index in [1.807, 2.05) is 0 Å². The fourth-order valence-corrected chi connectivity index (χ4v) is 4.22. The molecule has 11 heteroatoms. The number of thioether (sulfide) groups is 1. The van der Waals surface area contributed by atoms with Gasteiger partial charge in [0.25, 0.3) is 0 Å². The molecule has 0 amide bonds. The van der Waals surface area contributed by atoms with Gasteiger partial charge in [-0.15, -0.1) is 0 Å². The molecule has 2 heterocycles. The predicted molar refractivity (Wildman–Crippen MR) is 92.8 cm³/mol. The highest BCUT2D eigenvalue weighted by molar-refractivity contribution is 8.14. The van der Waals surface area contributed by atoms with Gasteiger partial charge in [0.15, 0.2) is 22.9 Å². The van der Waals surface area contributed by atoms with Crippen molar-refractivity contribution in [2.45, 2.75) is 49.0 Å². The number of halogens is 5. The monoisotopic (exact) mass is 426 g/mol. The lowest BCUT2D eigenvalue weighted by molar-refractivity contribution is -0.268. The van der Waals surface area contributed by atoms with E-state index in [0.29, 0.717) is 5.17 Å². The molecule has 2 aliphatic heterocycles. The number of nitrogens with zero attached hydrogens (tertiary/aromatic N) is 2. The maximum absolute atomic E-state index is 13.7. The van der Waals surface area contributed by atoms with Gasteiger partial charge in [-0.25, -0.2) is 8.78 Å². The maximum Gasteiger partial charge on any atom is 0.417 e. The van der Waals surface area contributed by atoms with Gasteiger partial charge in [0.1, 0.15) is 11.5 Å². The van der Waals surface area contributed by atoms with Crippen molar-refractivity contribution in [3.8, 4) is 0 Å². The Morgan fingerprint density at radius 2 is 2.07 bits per heavy atom. The molecule has 2 aliphatic rings. The molecule has 156 valence electrons. The number of aliphatic hydroxyl groups is 1. The number of rotatable bonds is 4. The van der Waals surface area contributed by atoms with E-state index in [1.165, 1.54) is 6.07 Å². The van der Waals surface area contributed by atoms with Gasteiger partial charge in [-0.2, -0.15) is 13.2 Å². The average Bonchev–Trinajstić information content (AvgIpc) is 3.03. The molecule has 0 bridgehead atoms. The molecule has 1 aromatic rings. The SMILES string of the molecule is CN(C)C1=N[C@H]2[C@H](O[C@H]([C@@H](OCc3cccc(F)c3F)C(F)(F)F)C[C@@H]2O)S1. The topological polar surface area (TPSA) is 54.3 Å². The summed E-state index contributed by atoms with van der Waals surface area (Å²) < 4.78 is 78.1. The number of ether oxygens (including phenoxy) is 2. The first kappa shape index (κ1) is 21.3. The van der Waals surface area contributed by atoms with Crippen LogP contribution in [0.2, 0.25) is 0 Å². The summed E-state index contributed by atoms with van der Waals surface area (Å²) >= 11 is 1.12. The van der Waals surface area contributed by atoms with E-state index < -0.39 is 54.2 Å². The van der Waals surface area contributed by atoms with Gasteiger partial charge in [-0.1, -0.05) is 23.9 Å². The Balaban J connectivity index is 1.73. The number of aliphatic hydroxyl groups excluding tert-OH is 1. The fourth-order valence-electron chi connectivity index (χ4n) is 3.04. The molecule has 5 nitrogen and oxygen atoms in total. The van der Waals surface area contributed by atoms with Crippen LogP contribution in [0.5, 0.6) is 0 Å². The molecule has 1 aromatic carbocycles. The summed E-state index contributed by atoms with van der Waals surface area (Å²) in [5.74, 6) is -2.43. The van der Waals surface area contributed by atoms with Crippen LogP contribution in [0.4, 0.5) is 22.0 Å². The minimum absolute atomic E-state index is 0.336. The Hall–Kier alpha value is -1.43. The molecule has 0 spiro atoms. The summed E-state index contributed by atoms with van der Waals surface area (Å²) in [6.45, 7) is -0.787. The zero-order chi connectivity index (χ0) is 20.6. The van der Waals surface area contributed by atoms with Crippen LogP contribution in [0.1, 0.15) is 12.0 Å². The van der Waals surface area contributed by atoms with Crippen LogP contribution in [0, 0.1) is 11.6 Å². The summed E-state index contributed by atoms with van der Waals surface area (Å²) in [6.07, 6.45) is -10.2. The van der Waals surface area contributed by atoms with Crippen molar-refractivity contribution >= 4 is 16.9 Å². The van der Waals surface area contributed by atoms with Crippen LogP contribution in [-0.2, 0) is 16.1 Å². The molecular formula is C17H19F5N2O3S. The Bertz CT molecular complexity index is 746. The second-order valence-corrected chi connectivity index (χ2v) is 7.81. The molecule has 0 aromatic heterocycles. The van der Waals surface area contributed by atoms with Crippen molar-refractivity contribution in [1.29, 1.82) is 0 Å². The molecule has 1 N–H and O–H groups in total. The van der Waals surface area contributed by atoms with E-state index in [1.54, 1.807) is 19.0 Å². The third-order valence-corrected chi connectivity index (χ3v) is 5.73. The van der Waals surface area contributed by atoms with E-state index >= 15 is 0 Å². The Morgan fingerprint density at radius 1 is 1.36 bits per heavy atom. The molecule has 0 radical (unpaired) electrons. The van der Waals surface area contributed by atoms with Crippen LogP contribution >= 0.6 is 11.8 Å². The van der Waals surface area contributed by atoms with E-state index in [0.717, 1.165) is 23.9 Å². The highest BCUT2D eigenvalue weighted by atomic mass is 32.2. The first-order chi connectivity index (χ1) is 13.1. The fraction of sp³-hybridized carbons (Fsp3) is 0.588. The summed E-state index contributed by atoms with van der Waals surface area (Å²) in [7, 11) is 3.45. The number of benzene rings is 1. The molecule has 28 heavy (non-hydrogen) atoms. The van der Waals surface area contributed by atoms with E-state index in [-0.39, 0.29) is 12.0 Å². The smallest absolute Gasteiger partial charge is 0.391 e. The van der Waals surface area contributed by atoms with Gasteiger partial charge in [0, 0.05) is 26.1 Å².